The fraction of sp³-hybridized carbons (Fsp3) is 0.478. The highest BCUT2D eigenvalue weighted by atomic mass is 14.9. The molecule has 1 aromatic rings. The minimum absolute atomic E-state index is 0.744. The lowest BCUT2D eigenvalue weighted by molar-refractivity contribution is 0.642. The molecule has 0 aliphatic heterocycles. The Bertz CT molecular complexity index is 642. The van der Waals surface area contributed by atoms with Gasteiger partial charge in [0.15, 0.2) is 0 Å². The molecule has 1 aromatic carbocycles. The minimum Gasteiger partial charge on any atom is -0.405 e. The van der Waals surface area contributed by atoms with Crippen molar-refractivity contribution in [3.05, 3.63) is 65.5 Å². The first-order valence-electron chi connectivity index (χ1n) is 9.90. The Kier molecular flexibility index (Phi) is 6.38. The summed E-state index contributed by atoms with van der Waals surface area (Å²) in [5.74, 6) is 1.49. The predicted molar refractivity (Wildman–Crippen MR) is 108 cm³/mol. The second-order valence-electron chi connectivity index (χ2n) is 7.61. The average Bonchev–Trinajstić information content (AvgIpc) is 3.33. The van der Waals surface area contributed by atoms with Crippen LogP contribution in [0.25, 0.3) is 0 Å². The van der Waals surface area contributed by atoms with Gasteiger partial charge in [0, 0.05) is 11.4 Å². The molecule has 0 aromatic heterocycles. The zero-order chi connectivity index (χ0) is 17.5. The molecule has 3 N–H and O–H groups in total. The second kappa shape index (κ2) is 8.94. The van der Waals surface area contributed by atoms with Crippen molar-refractivity contribution in [2.45, 2.75) is 64.2 Å². The highest BCUT2D eigenvalue weighted by Gasteiger charge is 2.18. The topological polar surface area (TPSA) is 38.0 Å². The van der Waals surface area contributed by atoms with Gasteiger partial charge in [0.2, 0.25) is 0 Å². The van der Waals surface area contributed by atoms with Gasteiger partial charge < -0.3 is 11.1 Å². The van der Waals surface area contributed by atoms with Crippen molar-refractivity contribution < 1.29 is 0 Å². The van der Waals surface area contributed by atoms with Crippen LogP contribution in [0.1, 0.15) is 69.8 Å². The van der Waals surface area contributed by atoms with Crippen LogP contribution in [0.3, 0.4) is 0 Å². The van der Waals surface area contributed by atoms with Gasteiger partial charge >= 0.3 is 0 Å². The lowest BCUT2D eigenvalue weighted by Crippen LogP contribution is -2.02. The van der Waals surface area contributed by atoms with Crippen LogP contribution in [0.2, 0.25) is 0 Å². The molecule has 0 spiro atoms. The molecule has 25 heavy (non-hydrogen) atoms. The monoisotopic (exact) mass is 336 g/mol. The number of rotatable bonds is 6. The third kappa shape index (κ3) is 5.01. The van der Waals surface area contributed by atoms with E-state index in [1.54, 1.807) is 6.20 Å². The lowest BCUT2D eigenvalue weighted by atomic mass is 9.97. The molecular formula is C23H32N2. The first-order chi connectivity index (χ1) is 12.3. The molecule has 2 fully saturated rings. The van der Waals surface area contributed by atoms with E-state index in [1.165, 1.54) is 68.2 Å². The van der Waals surface area contributed by atoms with Gasteiger partial charge in [-0.25, -0.2) is 0 Å². The van der Waals surface area contributed by atoms with Crippen molar-refractivity contribution in [1.29, 1.82) is 0 Å². The number of hydrogen-bond acceptors (Lipinski definition) is 2. The molecule has 3 rings (SSSR count). The highest BCUT2D eigenvalue weighted by Crippen LogP contribution is 2.35. The standard InChI is InChI=1S/C23H32N2/c1-18(19-8-2-3-9-19)16-22(14-7-15-24)25-23-13-6-12-21(17-23)20-10-4-5-11-20/h6-7,12-17,19-20,25H,2-5,8-11,24H2,1H3/b15-7+,18-16+,22-14+. The summed E-state index contributed by atoms with van der Waals surface area (Å²) in [4.78, 5) is 0. The van der Waals surface area contributed by atoms with E-state index in [4.69, 9.17) is 5.73 Å². The van der Waals surface area contributed by atoms with Crippen LogP contribution in [0.4, 0.5) is 5.69 Å². The Morgan fingerprint density at radius 1 is 1.08 bits per heavy atom. The second-order valence-corrected chi connectivity index (χ2v) is 7.61. The minimum atomic E-state index is 0.744. The molecule has 0 unspecified atom stereocenters. The zero-order valence-corrected chi connectivity index (χ0v) is 15.5. The number of nitrogens with one attached hydrogen (secondary N) is 1. The molecule has 0 amide bonds. The summed E-state index contributed by atoms with van der Waals surface area (Å²) < 4.78 is 0. The molecular weight excluding hydrogens is 304 g/mol. The summed E-state index contributed by atoms with van der Waals surface area (Å²) in [5, 5.41) is 3.61. The molecule has 0 radical (unpaired) electrons. The van der Waals surface area contributed by atoms with E-state index in [-0.39, 0.29) is 0 Å². The smallest absolute Gasteiger partial charge is 0.0387 e. The average molecular weight is 337 g/mol. The molecule has 2 saturated carbocycles. The van der Waals surface area contributed by atoms with E-state index in [0.717, 1.165) is 17.5 Å². The summed E-state index contributed by atoms with van der Waals surface area (Å²) in [6.45, 7) is 2.27. The van der Waals surface area contributed by atoms with Gasteiger partial charge in [-0.1, -0.05) is 43.4 Å². The van der Waals surface area contributed by atoms with Crippen LogP contribution in [-0.4, -0.2) is 0 Å². The first-order valence-corrected chi connectivity index (χ1v) is 9.90. The molecule has 2 aliphatic carbocycles. The van der Waals surface area contributed by atoms with Crippen molar-refractivity contribution in [1.82, 2.24) is 0 Å². The fourth-order valence-corrected chi connectivity index (χ4v) is 4.33. The summed E-state index contributed by atoms with van der Waals surface area (Å²) >= 11 is 0. The summed E-state index contributed by atoms with van der Waals surface area (Å²) in [7, 11) is 0. The molecule has 2 heteroatoms. The number of hydrogen-bond donors (Lipinski definition) is 2. The number of anilines is 1. The van der Waals surface area contributed by atoms with E-state index in [1.807, 2.05) is 6.08 Å². The van der Waals surface area contributed by atoms with Crippen LogP contribution in [0.5, 0.6) is 0 Å². The van der Waals surface area contributed by atoms with E-state index < -0.39 is 0 Å². The third-order valence-electron chi connectivity index (χ3n) is 5.77. The van der Waals surface area contributed by atoms with Crippen LogP contribution >= 0.6 is 0 Å². The molecule has 2 nitrogen and oxygen atoms in total. The highest BCUT2D eigenvalue weighted by molar-refractivity contribution is 5.54. The maximum atomic E-state index is 5.56. The Labute approximate surface area is 152 Å². The summed E-state index contributed by atoms with van der Waals surface area (Å²) in [6, 6.07) is 8.95. The van der Waals surface area contributed by atoms with Crippen LogP contribution in [0, 0.1) is 5.92 Å². The molecule has 2 aliphatic rings. The SMILES string of the molecule is C\C(=C/C(=C\C=C\N)Nc1cccc(C2CCCC2)c1)C1CCCC1. The molecule has 0 bridgehead atoms. The van der Waals surface area contributed by atoms with Gasteiger partial charge in [-0.2, -0.15) is 0 Å². The van der Waals surface area contributed by atoms with E-state index in [9.17, 15) is 0 Å². The maximum Gasteiger partial charge on any atom is 0.0387 e. The molecule has 0 saturated heterocycles. The number of benzene rings is 1. The maximum absolute atomic E-state index is 5.56. The molecule has 0 atom stereocenters. The number of nitrogens with two attached hydrogens (primary N) is 1. The Morgan fingerprint density at radius 2 is 1.80 bits per heavy atom. The fourth-order valence-electron chi connectivity index (χ4n) is 4.33. The van der Waals surface area contributed by atoms with Crippen molar-refractivity contribution in [3.8, 4) is 0 Å². The van der Waals surface area contributed by atoms with E-state index in [0.29, 0.717) is 0 Å². The quantitative estimate of drug-likeness (QED) is 0.603. The van der Waals surface area contributed by atoms with E-state index in [2.05, 4.69) is 48.7 Å². The van der Waals surface area contributed by atoms with Gasteiger partial charge in [-0.3, -0.25) is 0 Å². The van der Waals surface area contributed by atoms with Gasteiger partial charge in [-0.15, -0.1) is 0 Å². The normalized spacial score (nSPS) is 20.7. The third-order valence-corrected chi connectivity index (χ3v) is 5.77. The van der Waals surface area contributed by atoms with Gasteiger partial charge in [-0.05, 0) is 86.6 Å². The summed E-state index contributed by atoms with van der Waals surface area (Å²) in [5.41, 5.74) is 10.8. The van der Waals surface area contributed by atoms with Crippen LogP contribution in [-0.2, 0) is 0 Å². The van der Waals surface area contributed by atoms with Gasteiger partial charge in [0.1, 0.15) is 0 Å². The zero-order valence-electron chi connectivity index (χ0n) is 15.5. The van der Waals surface area contributed by atoms with E-state index >= 15 is 0 Å². The van der Waals surface area contributed by atoms with Crippen LogP contribution in [0.15, 0.2) is 60.0 Å². The van der Waals surface area contributed by atoms with Crippen molar-refractivity contribution in [3.63, 3.8) is 0 Å². The lowest BCUT2D eigenvalue weighted by Gasteiger charge is -2.15. The Balaban J connectivity index is 1.76. The molecule has 0 heterocycles. The largest absolute Gasteiger partial charge is 0.405 e. The van der Waals surface area contributed by atoms with Gasteiger partial charge in [0.05, 0.1) is 0 Å². The Hall–Kier alpha value is -1.96. The van der Waals surface area contributed by atoms with Crippen molar-refractivity contribution in [2.75, 3.05) is 5.32 Å². The van der Waals surface area contributed by atoms with Gasteiger partial charge in [0.25, 0.3) is 0 Å². The first kappa shape index (κ1) is 17.8. The Morgan fingerprint density at radius 3 is 2.52 bits per heavy atom. The molecule has 134 valence electrons. The van der Waals surface area contributed by atoms with Crippen molar-refractivity contribution in [2.24, 2.45) is 11.7 Å². The summed E-state index contributed by atoms with van der Waals surface area (Å²) in [6.07, 6.45) is 18.7. The van der Waals surface area contributed by atoms with Crippen LogP contribution < -0.4 is 11.1 Å². The van der Waals surface area contributed by atoms with Crippen molar-refractivity contribution >= 4 is 5.69 Å². The predicted octanol–water partition coefficient (Wildman–Crippen LogP) is 6.25. The number of allylic oxidation sites excluding steroid dienone is 4.